The topological polar surface area (TPSA) is 37.8 Å². The van der Waals surface area contributed by atoms with Gasteiger partial charge in [-0.05, 0) is 38.8 Å². The van der Waals surface area contributed by atoms with E-state index < -0.39 is 0 Å². The Morgan fingerprint density at radius 2 is 1.90 bits per heavy atom. The fourth-order valence-corrected chi connectivity index (χ4v) is 2.26. The molecule has 1 N–H and O–H groups in total. The monoisotopic (exact) mass is 289 g/mol. The molecule has 4 heteroatoms. The molecule has 20 heavy (non-hydrogen) atoms. The van der Waals surface area contributed by atoms with Gasteiger partial charge in [0.05, 0.1) is 0 Å². The molecule has 0 aliphatic rings. The lowest BCUT2D eigenvalue weighted by Crippen LogP contribution is -2.04. The van der Waals surface area contributed by atoms with Gasteiger partial charge in [-0.3, -0.25) is 0 Å². The number of aromatic nitrogens is 2. The van der Waals surface area contributed by atoms with Crippen LogP contribution >= 0.6 is 11.6 Å². The van der Waals surface area contributed by atoms with Crippen molar-refractivity contribution in [2.24, 2.45) is 0 Å². The average molecular weight is 290 g/mol. The van der Waals surface area contributed by atoms with Crippen molar-refractivity contribution in [2.75, 3.05) is 5.32 Å². The Labute approximate surface area is 125 Å². The highest BCUT2D eigenvalue weighted by Gasteiger charge is 2.10. The molecule has 0 unspecified atom stereocenters. The van der Waals surface area contributed by atoms with E-state index in [1.165, 1.54) is 11.1 Å². The second-order valence-corrected chi connectivity index (χ2v) is 5.46. The van der Waals surface area contributed by atoms with Crippen molar-refractivity contribution in [3.05, 3.63) is 45.9 Å². The zero-order chi connectivity index (χ0) is 14.7. The zero-order valence-electron chi connectivity index (χ0n) is 12.4. The molecule has 0 fully saturated rings. The molecule has 1 aromatic heterocycles. The van der Waals surface area contributed by atoms with Gasteiger partial charge in [-0.15, -0.1) is 0 Å². The molecule has 106 valence electrons. The average Bonchev–Trinajstić information content (AvgIpc) is 2.39. The fraction of sp³-hybridized carbons (Fsp3) is 0.375. The number of aryl methyl sites for hydroxylation is 3. The molecule has 1 heterocycles. The summed E-state index contributed by atoms with van der Waals surface area (Å²) in [5.41, 5.74) is 4.37. The van der Waals surface area contributed by atoms with Crippen LogP contribution in [-0.4, -0.2) is 9.97 Å². The van der Waals surface area contributed by atoms with Crippen molar-refractivity contribution in [1.29, 1.82) is 0 Å². The van der Waals surface area contributed by atoms with Gasteiger partial charge in [0.2, 0.25) is 0 Å². The van der Waals surface area contributed by atoms with Crippen molar-refractivity contribution in [1.82, 2.24) is 9.97 Å². The Morgan fingerprint density at radius 3 is 2.55 bits per heavy atom. The van der Waals surface area contributed by atoms with Crippen LogP contribution in [0.4, 0.5) is 11.5 Å². The fourth-order valence-electron chi connectivity index (χ4n) is 2.07. The first-order chi connectivity index (χ1) is 9.51. The van der Waals surface area contributed by atoms with Crippen LogP contribution in [0.25, 0.3) is 0 Å². The van der Waals surface area contributed by atoms with Crippen molar-refractivity contribution in [2.45, 2.75) is 40.5 Å². The molecule has 2 aromatic rings. The van der Waals surface area contributed by atoms with Crippen molar-refractivity contribution in [3.8, 4) is 0 Å². The summed E-state index contributed by atoms with van der Waals surface area (Å²) in [6.45, 7) is 8.21. The molecule has 0 spiro atoms. The molecule has 0 radical (unpaired) electrons. The van der Waals surface area contributed by atoms with E-state index in [4.69, 9.17) is 11.6 Å². The van der Waals surface area contributed by atoms with Gasteiger partial charge >= 0.3 is 0 Å². The molecular formula is C16H20ClN3. The quantitative estimate of drug-likeness (QED) is 0.825. The predicted molar refractivity (Wildman–Crippen MR) is 85.0 cm³/mol. The van der Waals surface area contributed by atoms with Crippen LogP contribution < -0.4 is 5.32 Å². The Kier molecular flexibility index (Phi) is 4.61. The first-order valence-corrected chi connectivity index (χ1v) is 7.26. The molecule has 0 saturated heterocycles. The minimum atomic E-state index is 0.524. The van der Waals surface area contributed by atoms with Crippen molar-refractivity contribution < 1.29 is 0 Å². The van der Waals surface area contributed by atoms with E-state index in [0.717, 1.165) is 35.7 Å². The van der Waals surface area contributed by atoms with Gasteiger partial charge in [-0.2, -0.15) is 0 Å². The lowest BCUT2D eigenvalue weighted by atomic mass is 10.1. The normalized spacial score (nSPS) is 10.7. The van der Waals surface area contributed by atoms with E-state index in [1.807, 2.05) is 6.92 Å². The Balaban J connectivity index is 2.37. The highest BCUT2D eigenvalue weighted by molar-refractivity contribution is 6.30. The number of rotatable bonds is 4. The van der Waals surface area contributed by atoms with E-state index in [1.54, 1.807) is 0 Å². The molecule has 0 amide bonds. The number of anilines is 2. The summed E-state index contributed by atoms with van der Waals surface area (Å²) in [5.74, 6) is 1.58. The summed E-state index contributed by atoms with van der Waals surface area (Å²) in [7, 11) is 0. The van der Waals surface area contributed by atoms with Gasteiger partial charge in [-0.25, -0.2) is 9.97 Å². The molecule has 0 atom stereocenters. The maximum atomic E-state index is 6.19. The highest BCUT2D eigenvalue weighted by atomic mass is 35.5. The SMILES string of the molecule is CCCc1nc(Cl)c(C)c(Nc2ccc(C)cc2C)n1. The summed E-state index contributed by atoms with van der Waals surface area (Å²) in [6, 6.07) is 6.30. The molecule has 0 aliphatic carbocycles. The largest absolute Gasteiger partial charge is 0.340 e. The summed E-state index contributed by atoms with van der Waals surface area (Å²) >= 11 is 6.19. The lowest BCUT2D eigenvalue weighted by molar-refractivity contribution is 0.833. The van der Waals surface area contributed by atoms with Crippen molar-refractivity contribution in [3.63, 3.8) is 0 Å². The Morgan fingerprint density at radius 1 is 1.15 bits per heavy atom. The van der Waals surface area contributed by atoms with Gasteiger partial charge < -0.3 is 5.32 Å². The van der Waals surface area contributed by atoms with Crippen LogP contribution in [0, 0.1) is 20.8 Å². The smallest absolute Gasteiger partial charge is 0.138 e. The standard InChI is InChI=1S/C16H20ClN3/c1-5-6-14-19-15(17)12(4)16(20-14)18-13-8-7-10(2)9-11(13)3/h7-9H,5-6H2,1-4H3,(H,18,19,20). The first kappa shape index (κ1) is 14.8. The molecule has 0 bridgehead atoms. The molecule has 0 aliphatic heterocycles. The number of halogens is 1. The van der Waals surface area contributed by atoms with Gasteiger partial charge in [0.15, 0.2) is 0 Å². The third-order valence-corrected chi connectivity index (χ3v) is 3.61. The van der Waals surface area contributed by atoms with E-state index in [0.29, 0.717) is 5.15 Å². The third-order valence-electron chi connectivity index (χ3n) is 3.24. The lowest BCUT2D eigenvalue weighted by Gasteiger charge is -2.13. The second-order valence-electron chi connectivity index (χ2n) is 5.10. The maximum Gasteiger partial charge on any atom is 0.138 e. The summed E-state index contributed by atoms with van der Waals surface area (Å²) in [4.78, 5) is 8.89. The van der Waals surface area contributed by atoms with E-state index in [-0.39, 0.29) is 0 Å². The molecule has 3 nitrogen and oxygen atoms in total. The summed E-state index contributed by atoms with van der Waals surface area (Å²) < 4.78 is 0. The Bertz CT molecular complexity index is 623. The van der Waals surface area contributed by atoms with Gasteiger partial charge in [-0.1, -0.05) is 36.2 Å². The van der Waals surface area contributed by atoms with Crippen LogP contribution in [0.5, 0.6) is 0 Å². The van der Waals surface area contributed by atoms with Crippen LogP contribution in [0.1, 0.15) is 35.9 Å². The molecular weight excluding hydrogens is 270 g/mol. The maximum absolute atomic E-state index is 6.19. The summed E-state index contributed by atoms with van der Waals surface area (Å²) in [5, 5.41) is 3.90. The number of hydrogen-bond donors (Lipinski definition) is 1. The van der Waals surface area contributed by atoms with Crippen LogP contribution in [0.2, 0.25) is 5.15 Å². The van der Waals surface area contributed by atoms with Gasteiger partial charge in [0.25, 0.3) is 0 Å². The van der Waals surface area contributed by atoms with Crippen LogP contribution in [0.3, 0.4) is 0 Å². The third kappa shape index (κ3) is 3.28. The molecule has 2 rings (SSSR count). The minimum Gasteiger partial charge on any atom is -0.340 e. The molecule has 0 saturated carbocycles. The van der Waals surface area contributed by atoms with E-state index in [9.17, 15) is 0 Å². The van der Waals surface area contributed by atoms with Crippen LogP contribution in [0.15, 0.2) is 18.2 Å². The summed E-state index contributed by atoms with van der Waals surface area (Å²) in [6.07, 6.45) is 1.84. The van der Waals surface area contributed by atoms with Gasteiger partial charge in [0.1, 0.15) is 16.8 Å². The number of hydrogen-bond acceptors (Lipinski definition) is 3. The molecule has 1 aromatic carbocycles. The second kappa shape index (κ2) is 6.23. The van der Waals surface area contributed by atoms with E-state index in [2.05, 4.69) is 54.3 Å². The number of nitrogens with one attached hydrogen (secondary N) is 1. The number of nitrogens with zero attached hydrogens (tertiary/aromatic N) is 2. The first-order valence-electron chi connectivity index (χ1n) is 6.88. The predicted octanol–water partition coefficient (Wildman–Crippen LogP) is 4.75. The number of benzene rings is 1. The highest BCUT2D eigenvalue weighted by Crippen LogP contribution is 2.26. The van der Waals surface area contributed by atoms with Gasteiger partial charge in [0, 0.05) is 17.7 Å². The Hall–Kier alpha value is -1.61. The van der Waals surface area contributed by atoms with E-state index >= 15 is 0 Å². The van der Waals surface area contributed by atoms with Crippen molar-refractivity contribution >= 4 is 23.1 Å². The zero-order valence-corrected chi connectivity index (χ0v) is 13.2. The minimum absolute atomic E-state index is 0.524. The van der Waals surface area contributed by atoms with Crippen LogP contribution in [-0.2, 0) is 6.42 Å².